The molecular formula is C14H31N3O2S. The normalized spacial score (nSPS) is 22.4. The van der Waals surface area contributed by atoms with E-state index in [1.54, 1.807) is 4.31 Å². The van der Waals surface area contributed by atoms with Gasteiger partial charge in [0.1, 0.15) is 0 Å². The molecular weight excluding hydrogens is 274 g/mol. The SMILES string of the molecule is CC(C)NCC1CCCN(S(=O)(=O)NCC(C)(C)C)C1. The van der Waals surface area contributed by atoms with Crippen molar-refractivity contribution in [2.24, 2.45) is 11.3 Å². The summed E-state index contributed by atoms with van der Waals surface area (Å²) in [6.07, 6.45) is 2.05. The van der Waals surface area contributed by atoms with Crippen LogP contribution in [0.1, 0.15) is 47.5 Å². The molecule has 0 aromatic carbocycles. The Morgan fingerprint density at radius 3 is 2.50 bits per heavy atom. The fraction of sp³-hybridized carbons (Fsp3) is 1.00. The van der Waals surface area contributed by atoms with E-state index >= 15 is 0 Å². The van der Waals surface area contributed by atoms with E-state index in [1.165, 1.54) is 0 Å². The minimum atomic E-state index is -3.33. The van der Waals surface area contributed by atoms with Crippen molar-refractivity contribution in [3.05, 3.63) is 0 Å². The number of hydrogen-bond donors (Lipinski definition) is 2. The first-order valence-corrected chi connectivity index (χ1v) is 9.02. The highest BCUT2D eigenvalue weighted by molar-refractivity contribution is 7.87. The third kappa shape index (κ3) is 6.52. The second kappa shape index (κ2) is 7.20. The molecule has 0 saturated carbocycles. The molecule has 0 aromatic heterocycles. The Labute approximate surface area is 124 Å². The summed E-state index contributed by atoms with van der Waals surface area (Å²) in [7, 11) is -3.33. The largest absolute Gasteiger partial charge is 0.314 e. The molecule has 0 bridgehead atoms. The van der Waals surface area contributed by atoms with Crippen molar-refractivity contribution < 1.29 is 8.42 Å². The highest BCUT2D eigenvalue weighted by atomic mass is 32.2. The van der Waals surface area contributed by atoms with Crippen LogP contribution in [0.5, 0.6) is 0 Å². The van der Waals surface area contributed by atoms with Gasteiger partial charge in [-0.1, -0.05) is 34.6 Å². The van der Waals surface area contributed by atoms with E-state index in [1.807, 2.05) is 20.8 Å². The van der Waals surface area contributed by atoms with E-state index < -0.39 is 10.2 Å². The molecule has 120 valence electrons. The lowest BCUT2D eigenvalue weighted by Crippen LogP contribution is -2.49. The highest BCUT2D eigenvalue weighted by Gasteiger charge is 2.29. The van der Waals surface area contributed by atoms with Crippen molar-refractivity contribution in [3.63, 3.8) is 0 Å². The summed E-state index contributed by atoms with van der Waals surface area (Å²) < 4.78 is 29.0. The molecule has 0 radical (unpaired) electrons. The van der Waals surface area contributed by atoms with E-state index in [4.69, 9.17) is 0 Å². The quantitative estimate of drug-likeness (QED) is 0.783. The van der Waals surface area contributed by atoms with Crippen molar-refractivity contribution in [3.8, 4) is 0 Å². The molecule has 20 heavy (non-hydrogen) atoms. The average molecular weight is 305 g/mol. The van der Waals surface area contributed by atoms with Gasteiger partial charge in [-0.3, -0.25) is 0 Å². The Balaban J connectivity index is 2.52. The van der Waals surface area contributed by atoms with Crippen molar-refractivity contribution in [2.45, 2.75) is 53.5 Å². The Bertz CT molecular complexity index is 388. The lowest BCUT2D eigenvalue weighted by Gasteiger charge is -2.33. The van der Waals surface area contributed by atoms with Gasteiger partial charge in [0.25, 0.3) is 10.2 Å². The zero-order valence-electron chi connectivity index (χ0n) is 13.6. The van der Waals surface area contributed by atoms with Crippen molar-refractivity contribution >= 4 is 10.2 Å². The minimum absolute atomic E-state index is 0.0402. The molecule has 1 aliphatic rings. The summed E-state index contributed by atoms with van der Waals surface area (Å²) in [5.41, 5.74) is -0.0402. The van der Waals surface area contributed by atoms with Crippen LogP contribution in [0, 0.1) is 11.3 Å². The van der Waals surface area contributed by atoms with Gasteiger partial charge in [-0.15, -0.1) is 0 Å². The van der Waals surface area contributed by atoms with E-state index in [9.17, 15) is 8.42 Å². The first-order valence-electron chi connectivity index (χ1n) is 7.58. The highest BCUT2D eigenvalue weighted by Crippen LogP contribution is 2.19. The van der Waals surface area contributed by atoms with Gasteiger partial charge in [0.15, 0.2) is 0 Å². The number of piperidine rings is 1. The van der Waals surface area contributed by atoms with Gasteiger partial charge >= 0.3 is 0 Å². The molecule has 1 aliphatic heterocycles. The van der Waals surface area contributed by atoms with Crippen LogP contribution < -0.4 is 10.0 Å². The summed E-state index contributed by atoms with van der Waals surface area (Å²) in [4.78, 5) is 0. The van der Waals surface area contributed by atoms with Gasteiger partial charge in [0.05, 0.1) is 0 Å². The average Bonchev–Trinajstić information content (AvgIpc) is 2.34. The summed E-state index contributed by atoms with van der Waals surface area (Å²) in [6.45, 7) is 12.9. The third-order valence-corrected chi connectivity index (χ3v) is 4.94. The Hall–Kier alpha value is -0.170. The Kier molecular flexibility index (Phi) is 6.44. The standard InChI is InChI=1S/C14H31N3O2S/c1-12(2)15-9-13-7-6-8-17(10-13)20(18,19)16-11-14(3,4)5/h12-13,15-16H,6-11H2,1-5H3. The molecule has 1 saturated heterocycles. The van der Waals surface area contributed by atoms with Crippen molar-refractivity contribution in [1.29, 1.82) is 0 Å². The monoisotopic (exact) mass is 305 g/mol. The van der Waals surface area contributed by atoms with Gasteiger partial charge in [0.2, 0.25) is 0 Å². The molecule has 1 heterocycles. The summed E-state index contributed by atoms with van der Waals surface area (Å²) in [5.74, 6) is 0.414. The maximum Gasteiger partial charge on any atom is 0.279 e. The fourth-order valence-corrected chi connectivity index (χ4v) is 3.79. The number of hydrogen-bond acceptors (Lipinski definition) is 3. The first kappa shape index (κ1) is 17.9. The smallest absolute Gasteiger partial charge is 0.279 e. The molecule has 6 heteroatoms. The molecule has 0 aromatic rings. The Morgan fingerprint density at radius 2 is 1.95 bits per heavy atom. The van der Waals surface area contributed by atoms with Crippen LogP contribution in [0.25, 0.3) is 0 Å². The zero-order chi connectivity index (χ0) is 15.4. The van der Waals surface area contributed by atoms with Crippen LogP contribution in [0.15, 0.2) is 0 Å². The van der Waals surface area contributed by atoms with Crippen molar-refractivity contribution in [2.75, 3.05) is 26.2 Å². The third-order valence-electron chi connectivity index (χ3n) is 3.42. The van der Waals surface area contributed by atoms with Crippen LogP contribution in [-0.2, 0) is 10.2 Å². The van der Waals surface area contributed by atoms with Gasteiger partial charge in [-0.25, -0.2) is 4.72 Å². The molecule has 0 spiro atoms. The van der Waals surface area contributed by atoms with Gasteiger partial charge in [0, 0.05) is 25.7 Å². The van der Waals surface area contributed by atoms with Crippen LogP contribution in [0.3, 0.4) is 0 Å². The minimum Gasteiger partial charge on any atom is -0.314 e. The number of rotatable bonds is 6. The fourth-order valence-electron chi connectivity index (χ4n) is 2.21. The summed E-state index contributed by atoms with van der Waals surface area (Å²) in [5, 5.41) is 3.40. The van der Waals surface area contributed by atoms with Gasteiger partial charge < -0.3 is 5.32 Å². The number of nitrogens with one attached hydrogen (secondary N) is 2. The molecule has 1 rings (SSSR count). The Morgan fingerprint density at radius 1 is 1.30 bits per heavy atom. The lowest BCUT2D eigenvalue weighted by atomic mass is 9.98. The van der Waals surface area contributed by atoms with Crippen LogP contribution in [-0.4, -0.2) is 44.9 Å². The summed E-state index contributed by atoms with van der Waals surface area (Å²) in [6, 6.07) is 0.445. The van der Waals surface area contributed by atoms with Crippen LogP contribution >= 0.6 is 0 Å². The molecule has 2 N–H and O–H groups in total. The maximum absolute atomic E-state index is 12.3. The molecule has 5 nitrogen and oxygen atoms in total. The van der Waals surface area contributed by atoms with E-state index in [0.29, 0.717) is 31.6 Å². The molecule has 0 amide bonds. The molecule has 1 atom stereocenters. The topological polar surface area (TPSA) is 61.4 Å². The lowest BCUT2D eigenvalue weighted by molar-refractivity contribution is 0.252. The predicted molar refractivity (Wildman–Crippen MR) is 83.8 cm³/mol. The molecule has 0 aliphatic carbocycles. The second-order valence-corrected chi connectivity index (χ2v) is 9.07. The van der Waals surface area contributed by atoms with E-state index in [2.05, 4.69) is 23.9 Å². The van der Waals surface area contributed by atoms with Crippen molar-refractivity contribution in [1.82, 2.24) is 14.3 Å². The van der Waals surface area contributed by atoms with Crippen LogP contribution in [0.4, 0.5) is 0 Å². The zero-order valence-corrected chi connectivity index (χ0v) is 14.4. The summed E-state index contributed by atoms with van der Waals surface area (Å²) >= 11 is 0. The molecule has 1 fully saturated rings. The van der Waals surface area contributed by atoms with Gasteiger partial charge in [-0.2, -0.15) is 12.7 Å². The van der Waals surface area contributed by atoms with E-state index in [0.717, 1.165) is 19.4 Å². The van der Waals surface area contributed by atoms with E-state index in [-0.39, 0.29) is 5.41 Å². The second-order valence-electron chi connectivity index (χ2n) is 7.32. The molecule has 1 unspecified atom stereocenters. The first-order chi connectivity index (χ1) is 9.10. The number of nitrogens with zero attached hydrogens (tertiary/aromatic N) is 1. The van der Waals surface area contributed by atoms with Crippen LogP contribution in [0.2, 0.25) is 0 Å². The maximum atomic E-state index is 12.3. The van der Waals surface area contributed by atoms with Gasteiger partial charge in [-0.05, 0) is 30.7 Å². The predicted octanol–water partition coefficient (Wildman–Crippen LogP) is 1.58.